The Hall–Kier alpha value is -1.37. The van der Waals surface area contributed by atoms with Crippen molar-refractivity contribution in [2.75, 3.05) is 11.6 Å². The van der Waals surface area contributed by atoms with Crippen LogP contribution in [0.1, 0.15) is 0 Å². The first-order chi connectivity index (χ1) is 8.88. The van der Waals surface area contributed by atoms with E-state index in [1.807, 2.05) is 0 Å². The minimum Gasteiger partial charge on any atom is -0.338 e. The normalized spacial score (nSPS) is 11.3. The fourth-order valence-corrected chi connectivity index (χ4v) is 2.57. The summed E-state index contributed by atoms with van der Waals surface area (Å²) in [4.78, 5) is 7.78. The Morgan fingerprint density at radius 1 is 1.21 bits per heavy atom. The van der Waals surface area contributed by atoms with Crippen molar-refractivity contribution in [2.24, 2.45) is 0 Å². The van der Waals surface area contributed by atoms with Crippen molar-refractivity contribution in [3.05, 3.63) is 40.8 Å². The SMILES string of the molecule is CS(=O)(=O)c1ccccc1Nc1nc(Cl)ncc1Cl. The molecule has 0 saturated carbocycles. The van der Waals surface area contributed by atoms with E-state index in [1.165, 1.54) is 12.3 Å². The molecule has 1 aromatic carbocycles. The van der Waals surface area contributed by atoms with Crippen LogP contribution in [0.3, 0.4) is 0 Å². The Kier molecular flexibility index (Phi) is 3.93. The molecule has 0 radical (unpaired) electrons. The highest BCUT2D eigenvalue weighted by Crippen LogP contribution is 2.27. The van der Waals surface area contributed by atoms with E-state index in [0.29, 0.717) is 5.69 Å². The van der Waals surface area contributed by atoms with Crippen LogP contribution in [0.15, 0.2) is 35.4 Å². The van der Waals surface area contributed by atoms with Gasteiger partial charge in [-0.3, -0.25) is 0 Å². The molecule has 0 unspecified atom stereocenters. The quantitative estimate of drug-likeness (QED) is 0.881. The van der Waals surface area contributed by atoms with Crippen LogP contribution in [0, 0.1) is 0 Å². The zero-order valence-electron chi connectivity index (χ0n) is 9.76. The summed E-state index contributed by atoms with van der Waals surface area (Å²) in [6, 6.07) is 6.45. The third-order valence-corrected chi connectivity index (χ3v) is 3.87. The summed E-state index contributed by atoms with van der Waals surface area (Å²) in [7, 11) is -3.36. The Bertz CT molecular complexity index is 720. The lowest BCUT2D eigenvalue weighted by Gasteiger charge is -2.10. The van der Waals surface area contributed by atoms with Crippen LogP contribution < -0.4 is 5.32 Å². The molecule has 2 rings (SSSR count). The maximum Gasteiger partial charge on any atom is 0.224 e. The zero-order valence-corrected chi connectivity index (χ0v) is 12.1. The molecule has 0 atom stereocenters. The largest absolute Gasteiger partial charge is 0.338 e. The summed E-state index contributed by atoms with van der Waals surface area (Å²) in [6.07, 6.45) is 2.46. The predicted octanol–water partition coefficient (Wildman–Crippen LogP) is 2.93. The number of halogens is 2. The highest BCUT2D eigenvalue weighted by Gasteiger charge is 2.14. The summed E-state index contributed by atoms with van der Waals surface area (Å²) >= 11 is 11.6. The molecule has 5 nitrogen and oxygen atoms in total. The summed E-state index contributed by atoms with van der Waals surface area (Å²) in [5.41, 5.74) is 0.377. The van der Waals surface area contributed by atoms with Crippen LogP contribution in [0.4, 0.5) is 11.5 Å². The predicted molar refractivity (Wildman–Crippen MR) is 74.9 cm³/mol. The maximum absolute atomic E-state index is 11.7. The molecule has 1 N–H and O–H groups in total. The average molecular weight is 318 g/mol. The number of anilines is 2. The van der Waals surface area contributed by atoms with E-state index < -0.39 is 9.84 Å². The smallest absolute Gasteiger partial charge is 0.224 e. The van der Waals surface area contributed by atoms with Crippen molar-refractivity contribution in [1.29, 1.82) is 0 Å². The molecular weight excluding hydrogens is 309 g/mol. The zero-order chi connectivity index (χ0) is 14.0. The fraction of sp³-hybridized carbons (Fsp3) is 0.0909. The molecule has 0 bridgehead atoms. The fourth-order valence-electron chi connectivity index (χ4n) is 1.45. The van der Waals surface area contributed by atoms with Gasteiger partial charge in [-0.1, -0.05) is 23.7 Å². The van der Waals surface area contributed by atoms with Crippen LogP contribution in [0.5, 0.6) is 0 Å². The van der Waals surface area contributed by atoms with Gasteiger partial charge in [-0.05, 0) is 23.7 Å². The minimum absolute atomic E-state index is 0.0173. The molecular formula is C11H9Cl2N3O2S. The van der Waals surface area contributed by atoms with Crippen LogP contribution >= 0.6 is 23.2 Å². The minimum atomic E-state index is -3.36. The van der Waals surface area contributed by atoms with Gasteiger partial charge < -0.3 is 5.32 Å². The van der Waals surface area contributed by atoms with Crippen LogP contribution in [0.25, 0.3) is 0 Å². The topological polar surface area (TPSA) is 72.0 Å². The Morgan fingerprint density at radius 3 is 2.58 bits per heavy atom. The van der Waals surface area contributed by atoms with Crippen LogP contribution in [-0.4, -0.2) is 24.6 Å². The molecule has 100 valence electrons. The number of nitrogens with zero attached hydrogens (tertiary/aromatic N) is 2. The third-order valence-electron chi connectivity index (χ3n) is 2.25. The summed E-state index contributed by atoms with van der Waals surface area (Å²) in [5.74, 6) is 0.248. The molecule has 1 heterocycles. The molecule has 2 aromatic rings. The van der Waals surface area contributed by atoms with E-state index in [-0.39, 0.29) is 21.0 Å². The lowest BCUT2D eigenvalue weighted by atomic mass is 10.3. The van der Waals surface area contributed by atoms with Gasteiger partial charge in [0.15, 0.2) is 15.7 Å². The van der Waals surface area contributed by atoms with Gasteiger partial charge >= 0.3 is 0 Å². The molecule has 1 aromatic heterocycles. The monoisotopic (exact) mass is 317 g/mol. The van der Waals surface area contributed by atoms with Gasteiger partial charge in [0.1, 0.15) is 5.02 Å². The van der Waals surface area contributed by atoms with E-state index in [0.717, 1.165) is 6.26 Å². The van der Waals surface area contributed by atoms with Gasteiger partial charge in [0.05, 0.1) is 16.8 Å². The third kappa shape index (κ3) is 3.34. The first-order valence-corrected chi connectivity index (χ1v) is 7.77. The van der Waals surface area contributed by atoms with Crippen molar-refractivity contribution in [3.63, 3.8) is 0 Å². The van der Waals surface area contributed by atoms with Gasteiger partial charge in [-0.2, -0.15) is 4.98 Å². The second-order valence-corrected chi connectivity index (χ2v) is 6.46. The van der Waals surface area contributed by atoms with Crippen molar-refractivity contribution in [2.45, 2.75) is 4.90 Å². The number of para-hydroxylation sites is 1. The lowest BCUT2D eigenvalue weighted by molar-refractivity contribution is 0.602. The summed E-state index contributed by atoms with van der Waals surface area (Å²) in [6.45, 7) is 0. The number of rotatable bonds is 3. The van der Waals surface area contributed by atoms with Gasteiger partial charge in [0.2, 0.25) is 5.28 Å². The molecule has 0 aliphatic rings. The number of hydrogen-bond donors (Lipinski definition) is 1. The summed E-state index contributed by atoms with van der Waals surface area (Å²) < 4.78 is 23.3. The second-order valence-electron chi connectivity index (χ2n) is 3.73. The van der Waals surface area contributed by atoms with Crippen LogP contribution in [0.2, 0.25) is 10.3 Å². The molecule has 0 aliphatic carbocycles. The number of benzene rings is 1. The van der Waals surface area contributed by atoms with Gasteiger partial charge in [0.25, 0.3) is 0 Å². The maximum atomic E-state index is 11.7. The Morgan fingerprint density at radius 2 is 1.89 bits per heavy atom. The Labute approximate surface area is 120 Å². The van der Waals surface area contributed by atoms with Crippen molar-refractivity contribution in [3.8, 4) is 0 Å². The first kappa shape index (κ1) is 14.0. The van der Waals surface area contributed by atoms with Gasteiger partial charge in [-0.25, -0.2) is 13.4 Å². The first-order valence-electron chi connectivity index (χ1n) is 5.12. The number of hydrogen-bond acceptors (Lipinski definition) is 5. The second kappa shape index (κ2) is 5.32. The molecule has 8 heteroatoms. The van der Waals surface area contributed by atoms with E-state index >= 15 is 0 Å². The number of aromatic nitrogens is 2. The lowest BCUT2D eigenvalue weighted by Crippen LogP contribution is -2.04. The highest BCUT2D eigenvalue weighted by atomic mass is 35.5. The highest BCUT2D eigenvalue weighted by molar-refractivity contribution is 7.90. The van der Waals surface area contributed by atoms with Crippen molar-refractivity contribution < 1.29 is 8.42 Å². The Balaban J connectivity index is 2.47. The van der Waals surface area contributed by atoms with E-state index in [9.17, 15) is 8.42 Å². The summed E-state index contributed by atoms with van der Waals surface area (Å²) in [5, 5.41) is 3.10. The molecule has 0 saturated heterocycles. The number of nitrogens with one attached hydrogen (secondary N) is 1. The van der Waals surface area contributed by atoms with E-state index in [4.69, 9.17) is 23.2 Å². The molecule has 0 aliphatic heterocycles. The van der Waals surface area contributed by atoms with Gasteiger partial charge in [0, 0.05) is 6.26 Å². The van der Waals surface area contributed by atoms with E-state index in [2.05, 4.69) is 15.3 Å². The molecule has 0 amide bonds. The molecule has 19 heavy (non-hydrogen) atoms. The van der Waals surface area contributed by atoms with E-state index in [1.54, 1.807) is 18.2 Å². The number of sulfone groups is 1. The van der Waals surface area contributed by atoms with Crippen molar-refractivity contribution in [1.82, 2.24) is 9.97 Å². The molecule has 0 spiro atoms. The van der Waals surface area contributed by atoms with Gasteiger partial charge in [-0.15, -0.1) is 0 Å². The van der Waals surface area contributed by atoms with Crippen molar-refractivity contribution >= 4 is 44.5 Å². The average Bonchev–Trinajstić information content (AvgIpc) is 2.33. The standard InChI is InChI=1S/C11H9Cl2N3O2S/c1-19(17,18)9-5-3-2-4-8(9)15-10-7(12)6-14-11(13)16-10/h2-6H,1H3,(H,14,15,16). The van der Waals surface area contributed by atoms with Crippen LogP contribution in [-0.2, 0) is 9.84 Å². The molecule has 0 fully saturated rings.